The molecule has 5 nitrogen and oxygen atoms in total. The summed E-state index contributed by atoms with van der Waals surface area (Å²) in [7, 11) is 2.06. The zero-order chi connectivity index (χ0) is 19.0. The van der Waals surface area contributed by atoms with Crippen molar-refractivity contribution in [3.8, 4) is 0 Å². The first-order valence-electron chi connectivity index (χ1n) is 9.02. The van der Waals surface area contributed by atoms with Gasteiger partial charge in [0.25, 0.3) is 0 Å². The van der Waals surface area contributed by atoms with Gasteiger partial charge in [0, 0.05) is 65.8 Å². The first kappa shape index (κ1) is 17.4. The van der Waals surface area contributed by atoms with Gasteiger partial charge in [-0.25, -0.2) is 0 Å². The predicted octanol–water partition coefficient (Wildman–Crippen LogP) is 2.25. The van der Waals surface area contributed by atoms with Gasteiger partial charge in [-0.3, -0.25) is 14.4 Å². The molecule has 136 valence electrons. The van der Waals surface area contributed by atoms with E-state index in [1.54, 1.807) is 36.4 Å². The summed E-state index contributed by atoms with van der Waals surface area (Å²) in [4.78, 5) is 41.8. The van der Waals surface area contributed by atoms with Crippen molar-refractivity contribution >= 4 is 23.5 Å². The van der Waals surface area contributed by atoms with E-state index in [0.29, 0.717) is 33.5 Å². The Bertz CT molecular complexity index is 969. The van der Waals surface area contributed by atoms with Crippen LogP contribution in [-0.4, -0.2) is 60.9 Å². The Hall–Kier alpha value is -3.05. The maximum Gasteiger partial charge on any atom is 0.195 e. The third-order valence-electron chi connectivity index (χ3n) is 5.30. The van der Waals surface area contributed by atoms with Crippen molar-refractivity contribution in [2.75, 3.05) is 33.2 Å². The number of piperazine rings is 1. The van der Waals surface area contributed by atoms with Crippen molar-refractivity contribution in [3.05, 3.63) is 76.4 Å². The molecule has 0 amide bonds. The lowest BCUT2D eigenvalue weighted by Gasteiger charge is -2.36. The van der Waals surface area contributed by atoms with E-state index in [-0.39, 0.29) is 11.6 Å². The minimum Gasteiger partial charge on any atom is -0.368 e. The number of rotatable bonds is 3. The van der Waals surface area contributed by atoms with Crippen molar-refractivity contribution in [2.24, 2.45) is 0 Å². The number of carbonyl (C=O) groups excluding carboxylic acids is 3. The largest absolute Gasteiger partial charge is 0.368 e. The fraction of sp³-hybridized carbons (Fsp3) is 0.227. The number of fused-ring (bicyclic) bond motifs is 2. The van der Waals surface area contributed by atoms with Gasteiger partial charge in [0.15, 0.2) is 11.6 Å². The molecule has 1 saturated heterocycles. The van der Waals surface area contributed by atoms with E-state index < -0.39 is 0 Å². The lowest BCUT2D eigenvalue weighted by Crippen LogP contribution is -2.43. The molecule has 1 aliphatic heterocycles. The van der Waals surface area contributed by atoms with Gasteiger partial charge >= 0.3 is 0 Å². The Morgan fingerprint density at radius 1 is 0.852 bits per heavy atom. The number of likely N-dealkylation sites (N-methyl/N-ethyl adjacent to an activating group) is 1. The summed E-state index contributed by atoms with van der Waals surface area (Å²) in [6.07, 6.45) is 2.25. The second-order valence-electron chi connectivity index (χ2n) is 6.91. The van der Waals surface area contributed by atoms with Crippen LogP contribution in [0.15, 0.2) is 48.5 Å². The highest BCUT2D eigenvalue weighted by atomic mass is 16.1. The molecule has 1 aliphatic carbocycles. The van der Waals surface area contributed by atoms with Crippen molar-refractivity contribution < 1.29 is 14.4 Å². The minimum atomic E-state index is -0.165. The van der Waals surface area contributed by atoms with Crippen LogP contribution in [0, 0.1) is 0 Å². The Kier molecular flexibility index (Phi) is 4.46. The molecule has 5 heteroatoms. The molecule has 1 heterocycles. The average molecular weight is 360 g/mol. The lowest BCUT2D eigenvalue weighted by atomic mass is 9.81. The van der Waals surface area contributed by atoms with E-state index in [4.69, 9.17) is 0 Å². The van der Waals surface area contributed by atoms with E-state index in [2.05, 4.69) is 16.8 Å². The number of allylic oxidation sites excluding steroid dienone is 1. The first-order chi connectivity index (χ1) is 13.1. The van der Waals surface area contributed by atoms with Crippen LogP contribution in [0.25, 0.3) is 5.70 Å². The zero-order valence-electron chi connectivity index (χ0n) is 15.1. The van der Waals surface area contributed by atoms with Crippen molar-refractivity contribution in [1.82, 2.24) is 9.80 Å². The van der Waals surface area contributed by atoms with Gasteiger partial charge < -0.3 is 9.80 Å². The Morgan fingerprint density at radius 2 is 1.48 bits per heavy atom. The number of ketones is 2. The molecule has 27 heavy (non-hydrogen) atoms. The van der Waals surface area contributed by atoms with Crippen molar-refractivity contribution in [1.29, 1.82) is 0 Å². The molecule has 0 radical (unpaired) electrons. The quantitative estimate of drug-likeness (QED) is 0.530. The highest BCUT2D eigenvalue weighted by Crippen LogP contribution is 2.33. The number of hydrogen-bond acceptors (Lipinski definition) is 5. The van der Waals surface area contributed by atoms with Crippen LogP contribution in [0.3, 0.4) is 0 Å². The van der Waals surface area contributed by atoms with Crippen LogP contribution in [0.5, 0.6) is 0 Å². The van der Waals surface area contributed by atoms with Crippen LogP contribution in [0.2, 0.25) is 0 Å². The molecule has 0 aromatic heterocycles. The molecule has 2 aromatic rings. The van der Waals surface area contributed by atoms with Crippen LogP contribution < -0.4 is 0 Å². The summed E-state index contributed by atoms with van der Waals surface area (Å²) in [6, 6.07) is 12.2. The molecule has 0 saturated carbocycles. The van der Waals surface area contributed by atoms with E-state index in [1.807, 2.05) is 6.07 Å². The summed E-state index contributed by atoms with van der Waals surface area (Å²) < 4.78 is 0. The van der Waals surface area contributed by atoms with Crippen molar-refractivity contribution in [3.63, 3.8) is 0 Å². The van der Waals surface area contributed by atoms with Crippen LogP contribution in [0.4, 0.5) is 0 Å². The Balaban J connectivity index is 1.85. The molecule has 4 rings (SSSR count). The van der Waals surface area contributed by atoms with Crippen molar-refractivity contribution in [2.45, 2.75) is 0 Å². The maximum atomic E-state index is 13.2. The molecule has 0 atom stereocenters. The smallest absolute Gasteiger partial charge is 0.195 e. The summed E-state index contributed by atoms with van der Waals surface area (Å²) in [5, 5.41) is 0. The minimum absolute atomic E-state index is 0.147. The standard InChI is InChI=1S/C22H20N2O3/c1-23-10-12-24(13-11-23)19(9-14-25)17-7-4-8-18-20(17)22(27)16-6-3-2-5-15(16)21(18)26/h2-9,14H,10-13H2,1H3. The molecular formula is C22H20N2O3. The molecule has 2 aliphatic rings. The number of hydrogen-bond donors (Lipinski definition) is 0. The molecule has 0 bridgehead atoms. The predicted molar refractivity (Wildman–Crippen MR) is 103 cm³/mol. The molecule has 0 spiro atoms. The molecule has 0 N–H and O–H groups in total. The van der Waals surface area contributed by atoms with Gasteiger partial charge in [0.05, 0.1) is 0 Å². The molecule has 0 unspecified atom stereocenters. The third kappa shape index (κ3) is 2.90. The monoisotopic (exact) mass is 360 g/mol. The van der Waals surface area contributed by atoms with Gasteiger partial charge in [-0.05, 0) is 7.05 Å². The van der Waals surface area contributed by atoms with E-state index in [9.17, 15) is 14.4 Å². The van der Waals surface area contributed by atoms with Gasteiger partial charge in [-0.1, -0.05) is 42.5 Å². The second-order valence-corrected chi connectivity index (χ2v) is 6.91. The summed E-state index contributed by atoms with van der Waals surface area (Å²) in [5.74, 6) is -0.312. The fourth-order valence-electron chi connectivity index (χ4n) is 3.84. The Labute approximate surface area is 157 Å². The highest BCUT2D eigenvalue weighted by molar-refractivity contribution is 6.29. The van der Waals surface area contributed by atoms with E-state index in [0.717, 1.165) is 32.5 Å². The molecule has 1 fully saturated rings. The highest BCUT2D eigenvalue weighted by Gasteiger charge is 2.33. The summed E-state index contributed by atoms with van der Waals surface area (Å²) in [6.45, 7) is 3.28. The maximum absolute atomic E-state index is 13.2. The van der Waals surface area contributed by atoms with Gasteiger partial charge in [-0.2, -0.15) is 0 Å². The molecular weight excluding hydrogens is 340 g/mol. The van der Waals surface area contributed by atoms with E-state index >= 15 is 0 Å². The SMILES string of the molecule is CN1CCN(C(=CC=O)c2cccc3c2C(=O)c2ccccc2C3=O)CC1. The van der Waals surface area contributed by atoms with E-state index in [1.165, 1.54) is 6.08 Å². The first-order valence-corrected chi connectivity index (χ1v) is 9.02. The van der Waals surface area contributed by atoms with Crippen LogP contribution >= 0.6 is 0 Å². The number of aldehydes is 1. The number of carbonyl (C=O) groups is 3. The number of benzene rings is 2. The molecule has 2 aromatic carbocycles. The number of nitrogens with zero attached hydrogens (tertiary/aromatic N) is 2. The summed E-state index contributed by atoms with van der Waals surface area (Å²) >= 11 is 0. The van der Waals surface area contributed by atoms with Gasteiger partial charge in [0.2, 0.25) is 0 Å². The average Bonchev–Trinajstić information content (AvgIpc) is 2.70. The van der Waals surface area contributed by atoms with Crippen LogP contribution in [0.1, 0.15) is 37.4 Å². The fourth-order valence-corrected chi connectivity index (χ4v) is 3.84. The van der Waals surface area contributed by atoms with Crippen LogP contribution in [-0.2, 0) is 4.79 Å². The van der Waals surface area contributed by atoms with Gasteiger partial charge in [-0.15, -0.1) is 0 Å². The normalized spacial score (nSPS) is 17.5. The summed E-state index contributed by atoms with van der Waals surface area (Å²) in [5.41, 5.74) is 3.02. The zero-order valence-corrected chi connectivity index (χ0v) is 15.1. The third-order valence-corrected chi connectivity index (χ3v) is 5.30. The Morgan fingerprint density at radius 3 is 2.15 bits per heavy atom. The topological polar surface area (TPSA) is 57.7 Å². The van der Waals surface area contributed by atoms with Gasteiger partial charge in [0.1, 0.15) is 6.29 Å². The second kappa shape index (κ2) is 6.93. The lowest BCUT2D eigenvalue weighted by molar-refractivity contribution is -0.104.